The van der Waals surface area contributed by atoms with E-state index in [-0.39, 0.29) is 0 Å². The van der Waals surface area contributed by atoms with Crippen molar-refractivity contribution in [1.29, 1.82) is 0 Å². The monoisotopic (exact) mass is 716 g/mol. The molecule has 4 heteroatoms. The summed E-state index contributed by atoms with van der Waals surface area (Å²) in [5.74, 6) is 0.407. The third-order valence-corrected chi connectivity index (χ3v) is 11.8. The van der Waals surface area contributed by atoms with E-state index in [2.05, 4.69) is 138 Å². The lowest BCUT2D eigenvalue weighted by Crippen LogP contribution is -2.33. The Hall–Kier alpha value is -7.43. The highest BCUT2D eigenvalue weighted by Crippen LogP contribution is 2.61. The quantitative estimate of drug-likeness (QED) is 0.106. The number of benzene rings is 8. The minimum Gasteiger partial charge on any atom is -0.396 e. The van der Waals surface area contributed by atoms with Gasteiger partial charge in [-0.1, -0.05) is 170 Å². The summed E-state index contributed by atoms with van der Waals surface area (Å²) in [6.45, 7) is 0. The van der Waals surface area contributed by atoms with Crippen LogP contribution in [-0.2, 0) is 5.41 Å². The molecule has 56 heavy (non-hydrogen) atoms. The number of nitrogens with two attached hydrogens (primary N) is 2. The molecule has 1 aliphatic carbocycles. The van der Waals surface area contributed by atoms with Crippen molar-refractivity contribution in [3.63, 3.8) is 0 Å². The molecule has 1 aliphatic heterocycles. The minimum absolute atomic E-state index is 0.407. The van der Waals surface area contributed by atoms with Crippen LogP contribution in [0, 0.1) is 0 Å². The van der Waals surface area contributed by atoms with Crippen molar-refractivity contribution in [2.24, 2.45) is 16.5 Å². The normalized spacial score (nSPS) is 15.8. The molecule has 2 aliphatic rings. The predicted molar refractivity (Wildman–Crippen MR) is 232 cm³/mol. The Morgan fingerprint density at radius 3 is 1.89 bits per heavy atom. The summed E-state index contributed by atoms with van der Waals surface area (Å²) >= 11 is 0. The maximum atomic E-state index is 6.97. The van der Waals surface area contributed by atoms with Crippen LogP contribution in [0.1, 0.15) is 38.9 Å². The van der Waals surface area contributed by atoms with Gasteiger partial charge in [-0.3, -0.25) is 0 Å². The largest absolute Gasteiger partial charge is 0.396 e. The molecule has 11 rings (SSSR count). The van der Waals surface area contributed by atoms with Crippen LogP contribution in [0.4, 0.5) is 0 Å². The fraction of sp³-hybridized carbons (Fsp3) is 0.0192. The Kier molecular flexibility index (Phi) is 7.04. The summed E-state index contributed by atoms with van der Waals surface area (Å²) in [5, 5.41) is 2.54. The molecule has 4 N–H and O–H groups in total. The summed E-state index contributed by atoms with van der Waals surface area (Å²) < 4.78 is 2.49. The number of amidine groups is 1. The first-order chi connectivity index (χ1) is 27.6. The second-order valence-corrected chi connectivity index (χ2v) is 14.7. The molecule has 2 heterocycles. The van der Waals surface area contributed by atoms with E-state index in [1.54, 1.807) is 0 Å². The van der Waals surface area contributed by atoms with Gasteiger partial charge in [0.05, 0.1) is 33.5 Å². The molecule has 1 aromatic heterocycles. The maximum absolute atomic E-state index is 6.97. The van der Waals surface area contributed by atoms with Crippen molar-refractivity contribution in [3.05, 3.63) is 233 Å². The van der Waals surface area contributed by atoms with E-state index in [9.17, 15) is 0 Å². The zero-order valence-electron chi connectivity index (χ0n) is 30.5. The summed E-state index contributed by atoms with van der Waals surface area (Å²) in [5.41, 5.74) is 30.5. The molecule has 4 nitrogen and oxygen atoms in total. The van der Waals surface area contributed by atoms with Crippen molar-refractivity contribution in [3.8, 4) is 27.9 Å². The summed E-state index contributed by atoms with van der Waals surface area (Å²) in [4.78, 5) is 5.01. The van der Waals surface area contributed by atoms with Gasteiger partial charge in [-0.25, -0.2) is 4.99 Å². The summed E-state index contributed by atoms with van der Waals surface area (Å²) in [7, 11) is 0. The van der Waals surface area contributed by atoms with Gasteiger partial charge >= 0.3 is 0 Å². The topological polar surface area (TPSA) is 69.3 Å². The van der Waals surface area contributed by atoms with Gasteiger partial charge in [0.15, 0.2) is 0 Å². The van der Waals surface area contributed by atoms with E-state index >= 15 is 0 Å². The molecule has 0 saturated heterocycles. The fourth-order valence-electron chi connectivity index (χ4n) is 9.42. The number of para-hydroxylation sites is 3. The van der Waals surface area contributed by atoms with E-state index in [0.29, 0.717) is 17.2 Å². The number of hydrogen-bond donors (Lipinski definition) is 2. The fourth-order valence-corrected chi connectivity index (χ4v) is 9.42. The van der Waals surface area contributed by atoms with Crippen molar-refractivity contribution in [2.75, 3.05) is 0 Å². The number of aliphatic imine (C=N–C) groups is 1. The molecule has 0 bridgehead atoms. The first-order valence-corrected chi connectivity index (χ1v) is 19.1. The number of aromatic nitrogens is 1. The Morgan fingerprint density at radius 2 is 1.05 bits per heavy atom. The average Bonchev–Trinajstić information content (AvgIpc) is 3.76. The molecule has 1 atom stereocenters. The van der Waals surface area contributed by atoms with Gasteiger partial charge in [-0.15, -0.1) is 0 Å². The van der Waals surface area contributed by atoms with Gasteiger partial charge in [0.2, 0.25) is 0 Å². The van der Waals surface area contributed by atoms with Gasteiger partial charge in [0.1, 0.15) is 5.84 Å². The van der Waals surface area contributed by atoms with E-state index in [1.807, 2.05) is 60.7 Å². The molecule has 0 amide bonds. The molecule has 1 spiro atoms. The lowest BCUT2D eigenvalue weighted by Gasteiger charge is -2.39. The van der Waals surface area contributed by atoms with E-state index in [4.69, 9.17) is 16.5 Å². The molecular weight excluding hydrogens is 681 g/mol. The van der Waals surface area contributed by atoms with Crippen LogP contribution in [0.25, 0.3) is 61.1 Å². The minimum atomic E-state index is -0.531. The van der Waals surface area contributed by atoms with E-state index in [1.165, 1.54) is 60.9 Å². The predicted octanol–water partition coefficient (Wildman–Crippen LogP) is 11.3. The van der Waals surface area contributed by atoms with Crippen LogP contribution in [-0.4, -0.2) is 10.4 Å². The summed E-state index contributed by atoms with van der Waals surface area (Å²) in [6.07, 6.45) is 0. The van der Waals surface area contributed by atoms with Gasteiger partial charge in [0, 0.05) is 21.9 Å². The second-order valence-electron chi connectivity index (χ2n) is 14.7. The van der Waals surface area contributed by atoms with E-state index < -0.39 is 5.41 Å². The maximum Gasteiger partial charge on any atom is 0.131 e. The Morgan fingerprint density at radius 1 is 0.446 bits per heavy atom. The molecule has 9 aromatic rings. The Labute approximate surface area is 325 Å². The van der Waals surface area contributed by atoms with Crippen LogP contribution in [0.5, 0.6) is 0 Å². The molecule has 0 saturated carbocycles. The average molecular weight is 717 g/mol. The van der Waals surface area contributed by atoms with Crippen LogP contribution in [0.15, 0.2) is 199 Å². The lowest BCUT2D eigenvalue weighted by molar-refractivity contribution is 0.749. The van der Waals surface area contributed by atoms with Crippen molar-refractivity contribution in [1.82, 2.24) is 4.57 Å². The van der Waals surface area contributed by atoms with Gasteiger partial charge in [-0.2, -0.15) is 0 Å². The molecule has 1 unspecified atom stereocenters. The smallest absolute Gasteiger partial charge is 0.131 e. The zero-order valence-corrected chi connectivity index (χ0v) is 30.5. The first kappa shape index (κ1) is 32.0. The number of hydrogen-bond acceptors (Lipinski definition) is 2. The number of nitrogens with zero attached hydrogens (tertiary/aromatic N) is 2. The molecule has 0 radical (unpaired) electrons. The Balaban J connectivity index is 1.15. The van der Waals surface area contributed by atoms with Crippen molar-refractivity contribution in [2.45, 2.75) is 5.41 Å². The van der Waals surface area contributed by atoms with Crippen LogP contribution >= 0.6 is 0 Å². The van der Waals surface area contributed by atoms with Gasteiger partial charge in [0.25, 0.3) is 0 Å². The highest BCUT2D eigenvalue weighted by Gasteiger charge is 2.50. The molecular formula is C52H36N4. The zero-order chi connectivity index (χ0) is 37.4. The highest BCUT2D eigenvalue weighted by atomic mass is 15.0. The number of rotatable bonds is 5. The van der Waals surface area contributed by atoms with Crippen LogP contribution < -0.4 is 11.5 Å². The van der Waals surface area contributed by atoms with Crippen LogP contribution in [0.3, 0.4) is 0 Å². The Bertz CT molecular complexity index is 3100. The van der Waals surface area contributed by atoms with E-state index in [0.717, 1.165) is 27.8 Å². The SMILES string of the molecule is N/C(=N\C(=C(/N)c1ccccc1)c1cccc(-c2ccc3c(c2)C2(c4ccccc4-3)c3ccccc3-n3c4ccccc4c4cccc2c43)c1)c1ccccc1. The van der Waals surface area contributed by atoms with Crippen LogP contribution in [0.2, 0.25) is 0 Å². The molecule has 264 valence electrons. The number of fused-ring (bicyclic) bond motifs is 12. The summed E-state index contributed by atoms with van der Waals surface area (Å²) in [6, 6.07) is 69.0. The first-order valence-electron chi connectivity index (χ1n) is 19.1. The van der Waals surface area contributed by atoms with Crippen molar-refractivity contribution >= 4 is 39.0 Å². The second kappa shape index (κ2) is 12.3. The van der Waals surface area contributed by atoms with Gasteiger partial charge < -0.3 is 16.0 Å². The highest BCUT2D eigenvalue weighted by molar-refractivity contribution is 6.13. The third kappa shape index (κ3) is 4.50. The standard InChI is InChI=1S/C52H36N4/c53-48(33-15-3-1-4-16-33)49(55-51(54)34-17-5-2-6-18-34)37-20-13-19-35(31-37)36-29-30-39-38-21-7-9-24-42(38)52(45(39)32-36)43-25-10-12-28-47(43)56-46-27-11-8-22-40(46)41-23-14-26-44(52)50(41)56/h1-32H,53H2,(H2,54,55)/b49-48-. The third-order valence-electron chi connectivity index (χ3n) is 11.8. The van der Waals surface area contributed by atoms with Gasteiger partial charge in [-0.05, 0) is 74.3 Å². The van der Waals surface area contributed by atoms with Crippen molar-refractivity contribution < 1.29 is 0 Å². The molecule has 8 aromatic carbocycles. The molecule has 0 fully saturated rings. The lowest BCUT2D eigenvalue weighted by atomic mass is 9.65.